The fraction of sp³-hybridized carbons (Fsp3) is 0.917. The van der Waals surface area contributed by atoms with Crippen molar-refractivity contribution in [1.29, 1.82) is 0 Å². The Hall–Kier alpha value is -0.220. The van der Waals surface area contributed by atoms with E-state index in [0.717, 1.165) is 12.2 Å². The van der Waals surface area contributed by atoms with E-state index in [1.807, 2.05) is 11.8 Å². The number of carbonyl (C=O) groups is 1. The maximum absolute atomic E-state index is 11.8. The summed E-state index contributed by atoms with van der Waals surface area (Å²) in [7, 11) is 3.55. The lowest BCUT2D eigenvalue weighted by molar-refractivity contribution is -0.148. The van der Waals surface area contributed by atoms with Crippen LogP contribution >= 0.6 is 11.8 Å². The normalized spacial score (nSPS) is 19.6. The molecule has 0 heterocycles. The number of esters is 1. The van der Waals surface area contributed by atoms with Gasteiger partial charge >= 0.3 is 5.97 Å². The summed E-state index contributed by atoms with van der Waals surface area (Å²) in [5.74, 6) is 1.53. The summed E-state index contributed by atoms with van der Waals surface area (Å²) in [5.41, 5.74) is 0. The van der Waals surface area contributed by atoms with Gasteiger partial charge in [0.05, 0.1) is 7.11 Å². The van der Waals surface area contributed by atoms with Crippen LogP contribution in [0.15, 0.2) is 0 Å². The summed E-state index contributed by atoms with van der Waals surface area (Å²) in [5, 5.41) is 0. The molecule has 1 saturated carbocycles. The summed E-state index contributed by atoms with van der Waals surface area (Å²) in [6.45, 7) is 2.18. The minimum atomic E-state index is -0.0652. The zero-order valence-corrected chi connectivity index (χ0v) is 11.5. The number of thioether (sulfide) groups is 1. The van der Waals surface area contributed by atoms with E-state index >= 15 is 0 Å². The molecule has 0 radical (unpaired) electrons. The maximum atomic E-state index is 11.8. The van der Waals surface area contributed by atoms with Gasteiger partial charge in [-0.05, 0) is 38.5 Å². The number of carbonyl (C=O) groups excluding carboxylic acids is 1. The van der Waals surface area contributed by atoms with Crippen molar-refractivity contribution < 1.29 is 9.53 Å². The van der Waals surface area contributed by atoms with E-state index < -0.39 is 0 Å². The molecule has 1 fully saturated rings. The predicted octanol–water partition coefficient (Wildman–Crippen LogP) is 2.01. The lowest BCUT2D eigenvalue weighted by atomic mass is 10.1. The van der Waals surface area contributed by atoms with Gasteiger partial charge in [0, 0.05) is 11.8 Å². The van der Waals surface area contributed by atoms with Crippen molar-refractivity contribution >= 4 is 17.7 Å². The second-order valence-corrected chi connectivity index (χ2v) is 5.40. The molecule has 0 aromatic heterocycles. The number of nitrogens with zero attached hydrogens (tertiary/aromatic N) is 1. The van der Waals surface area contributed by atoms with Crippen LogP contribution in [0.25, 0.3) is 0 Å². The number of ether oxygens (including phenoxy) is 1. The highest BCUT2D eigenvalue weighted by Crippen LogP contribution is 2.36. The van der Waals surface area contributed by atoms with Crippen molar-refractivity contribution in [2.75, 3.05) is 26.2 Å². The molecule has 0 N–H and O–H groups in total. The molecule has 16 heavy (non-hydrogen) atoms. The molecule has 2 unspecified atom stereocenters. The molecule has 2 atom stereocenters. The van der Waals surface area contributed by atoms with E-state index in [-0.39, 0.29) is 12.0 Å². The highest BCUT2D eigenvalue weighted by Gasteiger charge is 2.41. The van der Waals surface area contributed by atoms with Crippen LogP contribution in [-0.4, -0.2) is 49.1 Å². The molecule has 0 aromatic carbocycles. The minimum absolute atomic E-state index is 0.0258. The fourth-order valence-electron chi connectivity index (χ4n) is 2.17. The minimum Gasteiger partial charge on any atom is -0.468 e. The summed E-state index contributed by atoms with van der Waals surface area (Å²) >= 11 is 1.84. The van der Waals surface area contributed by atoms with Crippen LogP contribution in [0.3, 0.4) is 0 Å². The van der Waals surface area contributed by atoms with Gasteiger partial charge in [0.25, 0.3) is 0 Å². The molecule has 1 aliphatic carbocycles. The molecule has 1 aliphatic rings. The fourth-order valence-corrected chi connectivity index (χ4v) is 3.02. The van der Waals surface area contributed by atoms with Crippen LogP contribution in [0.2, 0.25) is 0 Å². The Morgan fingerprint density at radius 3 is 2.56 bits per heavy atom. The quantitative estimate of drug-likeness (QED) is 0.642. The molecule has 0 aliphatic heterocycles. The summed E-state index contributed by atoms with van der Waals surface area (Å²) in [4.78, 5) is 14.0. The number of rotatable bonds is 7. The van der Waals surface area contributed by atoms with Crippen molar-refractivity contribution in [1.82, 2.24) is 4.90 Å². The molecule has 3 nitrogen and oxygen atoms in total. The molecule has 0 spiro atoms. The largest absolute Gasteiger partial charge is 0.468 e. The highest BCUT2D eigenvalue weighted by atomic mass is 32.2. The second kappa shape index (κ2) is 6.50. The third kappa shape index (κ3) is 3.39. The predicted molar refractivity (Wildman–Crippen MR) is 68.8 cm³/mol. The molecule has 1 rings (SSSR count). The Bertz CT molecular complexity index is 231. The molecular weight excluding hydrogens is 222 g/mol. The first-order valence-corrected chi connectivity index (χ1v) is 7.33. The highest BCUT2D eigenvalue weighted by molar-refractivity contribution is 7.98. The van der Waals surface area contributed by atoms with Gasteiger partial charge in [-0.2, -0.15) is 11.8 Å². The Kier molecular flexibility index (Phi) is 5.62. The van der Waals surface area contributed by atoms with Crippen LogP contribution in [0, 0.1) is 5.92 Å². The van der Waals surface area contributed by atoms with Gasteiger partial charge in [-0.1, -0.05) is 6.92 Å². The third-order valence-corrected chi connectivity index (χ3v) is 4.07. The maximum Gasteiger partial charge on any atom is 0.323 e. The summed E-state index contributed by atoms with van der Waals surface area (Å²) in [6, 6.07) is 0.446. The molecule has 94 valence electrons. The van der Waals surface area contributed by atoms with Crippen molar-refractivity contribution in [2.24, 2.45) is 5.92 Å². The molecule has 0 amide bonds. The van der Waals surface area contributed by atoms with E-state index in [4.69, 9.17) is 4.74 Å². The van der Waals surface area contributed by atoms with Crippen molar-refractivity contribution in [3.63, 3.8) is 0 Å². The number of methoxy groups -OCH3 is 1. The lowest BCUT2D eigenvalue weighted by Crippen LogP contribution is -2.47. The zero-order chi connectivity index (χ0) is 12.1. The van der Waals surface area contributed by atoms with Crippen molar-refractivity contribution in [3.05, 3.63) is 0 Å². The van der Waals surface area contributed by atoms with Crippen LogP contribution < -0.4 is 0 Å². The van der Waals surface area contributed by atoms with E-state index in [9.17, 15) is 4.79 Å². The summed E-state index contributed by atoms with van der Waals surface area (Å²) < 4.78 is 4.92. The third-order valence-electron chi connectivity index (χ3n) is 3.36. The van der Waals surface area contributed by atoms with Crippen LogP contribution in [0.1, 0.15) is 26.2 Å². The van der Waals surface area contributed by atoms with Crippen LogP contribution in [-0.2, 0) is 9.53 Å². The topological polar surface area (TPSA) is 29.5 Å². The SMILES string of the molecule is CCC(CSC)N(C)C(C(=O)OC)C1CC1. The van der Waals surface area contributed by atoms with Crippen LogP contribution in [0.5, 0.6) is 0 Å². The molecule has 4 heteroatoms. The van der Waals surface area contributed by atoms with E-state index in [2.05, 4.69) is 25.1 Å². The smallest absolute Gasteiger partial charge is 0.323 e. The Morgan fingerprint density at radius 1 is 1.56 bits per heavy atom. The van der Waals surface area contributed by atoms with Crippen molar-refractivity contribution in [2.45, 2.75) is 38.3 Å². The zero-order valence-electron chi connectivity index (χ0n) is 10.7. The molecular formula is C12H23NO2S. The number of likely N-dealkylation sites (N-methyl/N-ethyl adjacent to an activating group) is 1. The van der Waals surface area contributed by atoms with E-state index in [1.54, 1.807) is 0 Å². The number of hydrogen-bond acceptors (Lipinski definition) is 4. The average molecular weight is 245 g/mol. The van der Waals surface area contributed by atoms with Gasteiger partial charge in [-0.3, -0.25) is 9.69 Å². The molecule has 0 bridgehead atoms. The van der Waals surface area contributed by atoms with Crippen LogP contribution in [0.4, 0.5) is 0 Å². The second-order valence-electron chi connectivity index (χ2n) is 4.49. The Labute approximate surface area is 103 Å². The van der Waals surface area contributed by atoms with Gasteiger partial charge in [0.2, 0.25) is 0 Å². The molecule has 0 saturated heterocycles. The van der Waals surface area contributed by atoms with Gasteiger partial charge in [0.15, 0.2) is 0 Å². The average Bonchev–Trinajstić information content (AvgIpc) is 3.09. The van der Waals surface area contributed by atoms with E-state index in [1.165, 1.54) is 20.0 Å². The van der Waals surface area contributed by atoms with Gasteiger partial charge in [-0.25, -0.2) is 0 Å². The summed E-state index contributed by atoms with van der Waals surface area (Å²) in [6.07, 6.45) is 5.53. The Morgan fingerprint density at radius 2 is 2.19 bits per heavy atom. The lowest BCUT2D eigenvalue weighted by Gasteiger charge is -2.32. The van der Waals surface area contributed by atoms with Gasteiger partial charge in [-0.15, -0.1) is 0 Å². The first kappa shape index (κ1) is 13.8. The first-order chi connectivity index (χ1) is 7.65. The van der Waals surface area contributed by atoms with Gasteiger partial charge in [0.1, 0.15) is 6.04 Å². The molecule has 0 aromatic rings. The van der Waals surface area contributed by atoms with Crippen molar-refractivity contribution in [3.8, 4) is 0 Å². The monoisotopic (exact) mass is 245 g/mol. The first-order valence-electron chi connectivity index (χ1n) is 5.94. The van der Waals surface area contributed by atoms with Gasteiger partial charge < -0.3 is 4.74 Å². The standard InChI is InChI=1S/C12H23NO2S/c1-5-10(8-16-4)13(2)11(9-6-7-9)12(14)15-3/h9-11H,5-8H2,1-4H3. The van der Waals surface area contributed by atoms with E-state index in [0.29, 0.717) is 12.0 Å². The number of hydrogen-bond donors (Lipinski definition) is 0. The Balaban J connectivity index is 2.64.